The number of carbonyl (C=O) groups excluding carboxylic acids is 3. The first-order valence-electron chi connectivity index (χ1n) is 28.2. The van der Waals surface area contributed by atoms with Crippen LogP contribution in [0.1, 0.15) is 239 Å². The highest BCUT2D eigenvalue weighted by molar-refractivity contribution is 5.71. The fourth-order valence-electron chi connectivity index (χ4n) is 7.41. The molecule has 0 aliphatic heterocycles. The summed E-state index contributed by atoms with van der Waals surface area (Å²) in [6, 6.07) is 0. The van der Waals surface area contributed by atoms with E-state index in [1.54, 1.807) is 0 Å². The molecule has 0 aliphatic rings. The van der Waals surface area contributed by atoms with Gasteiger partial charge in [-0.05, 0) is 89.9 Å². The van der Waals surface area contributed by atoms with Gasteiger partial charge >= 0.3 is 17.9 Å². The maximum absolute atomic E-state index is 12.9. The van der Waals surface area contributed by atoms with Crippen LogP contribution in [0.4, 0.5) is 0 Å². The molecule has 0 rings (SSSR count). The largest absolute Gasteiger partial charge is 0.462 e. The Morgan fingerprint density at radius 2 is 0.580 bits per heavy atom. The fraction of sp³-hybridized carbons (Fsp3) is 0.635. The zero-order chi connectivity index (χ0) is 50.0. The van der Waals surface area contributed by atoms with Crippen LogP contribution in [0.5, 0.6) is 0 Å². The monoisotopic (exact) mass is 955 g/mol. The van der Waals surface area contributed by atoms with E-state index in [1.807, 2.05) is 72.9 Å². The highest BCUT2D eigenvalue weighted by atomic mass is 16.6. The van der Waals surface area contributed by atoms with Gasteiger partial charge in [-0.25, -0.2) is 0 Å². The Balaban J connectivity index is 4.51. The number of hydrogen-bond acceptors (Lipinski definition) is 6. The molecule has 390 valence electrons. The molecule has 1 atom stereocenters. The summed E-state index contributed by atoms with van der Waals surface area (Å²) in [5.41, 5.74) is 0. The van der Waals surface area contributed by atoms with E-state index < -0.39 is 6.10 Å². The lowest BCUT2D eigenvalue weighted by molar-refractivity contribution is -0.167. The predicted molar refractivity (Wildman–Crippen MR) is 297 cm³/mol. The minimum atomic E-state index is -0.809. The van der Waals surface area contributed by atoms with Crippen molar-refractivity contribution in [1.29, 1.82) is 0 Å². The lowest BCUT2D eigenvalue weighted by Crippen LogP contribution is -2.30. The quantitative estimate of drug-likeness (QED) is 0.0199. The van der Waals surface area contributed by atoms with E-state index in [0.29, 0.717) is 19.3 Å². The van der Waals surface area contributed by atoms with Crippen molar-refractivity contribution >= 4 is 17.9 Å². The van der Waals surface area contributed by atoms with Gasteiger partial charge in [0.15, 0.2) is 6.10 Å². The van der Waals surface area contributed by atoms with Crippen molar-refractivity contribution in [3.8, 4) is 0 Å². The number of ether oxygens (including phenoxy) is 3. The maximum atomic E-state index is 12.9. The molecule has 0 heterocycles. The van der Waals surface area contributed by atoms with E-state index in [0.717, 1.165) is 83.5 Å². The van der Waals surface area contributed by atoms with Crippen LogP contribution in [0.25, 0.3) is 0 Å². The number of esters is 3. The van der Waals surface area contributed by atoms with Gasteiger partial charge in [0.1, 0.15) is 13.2 Å². The van der Waals surface area contributed by atoms with Crippen LogP contribution < -0.4 is 0 Å². The van der Waals surface area contributed by atoms with Gasteiger partial charge in [0.25, 0.3) is 0 Å². The second-order valence-corrected chi connectivity index (χ2v) is 18.3. The van der Waals surface area contributed by atoms with Crippen LogP contribution in [0.2, 0.25) is 0 Å². The fourth-order valence-corrected chi connectivity index (χ4v) is 7.41. The van der Waals surface area contributed by atoms with Crippen molar-refractivity contribution < 1.29 is 28.6 Å². The second kappa shape index (κ2) is 56.4. The van der Waals surface area contributed by atoms with Crippen LogP contribution in [-0.4, -0.2) is 37.2 Å². The minimum Gasteiger partial charge on any atom is -0.462 e. The van der Waals surface area contributed by atoms with Gasteiger partial charge in [-0.1, -0.05) is 251 Å². The Morgan fingerprint density at radius 1 is 0.304 bits per heavy atom. The third-order valence-electron chi connectivity index (χ3n) is 11.6. The molecule has 6 heteroatoms. The van der Waals surface area contributed by atoms with Crippen molar-refractivity contribution in [1.82, 2.24) is 0 Å². The highest BCUT2D eigenvalue weighted by Gasteiger charge is 2.19. The molecule has 69 heavy (non-hydrogen) atoms. The highest BCUT2D eigenvalue weighted by Crippen LogP contribution is 2.14. The lowest BCUT2D eigenvalue weighted by Gasteiger charge is -2.18. The molecular formula is C63H102O6. The molecule has 0 aliphatic carbocycles. The van der Waals surface area contributed by atoms with Crippen molar-refractivity contribution in [2.75, 3.05) is 13.2 Å². The molecule has 0 aromatic rings. The summed E-state index contributed by atoms with van der Waals surface area (Å²) < 4.78 is 16.8. The SMILES string of the molecule is CC\C=C/C=C\C=C/C=C\C=C\C=C/C=C\CCCCCC(=O)OCC(COC(=O)CCCCC/C=C\CCCCCCCC)OC(=O)CCCCCCCCCCCC/C=C\C=C/CCCCC. The summed E-state index contributed by atoms with van der Waals surface area (Å²) in [7, 11) is 0. The van der Waals surface area contributed by atoms with Gasteiger partial charge in [-0.3, -0.25) is 14.4 Å². The Kier molecular flexibility index (Phi) is 53.0. The zero-order valence-corrected chi connectivity index (χ0v) is 44.5. The summed E-state index contributed by atoms with van der Waals surface area (Å²) >= 11 is 0. The molecule has 0 spiro atoms. The molecule has 0 saturated heterocycles. The van der Waals surface area contributed by atoms with E-state index in [-0.39, 0.29) is 31.1 Å². The van der Waals surface area contributed by atoms with Crippen LogP contribution in [-0.2, 0) is 28.6 Å². The van der Waals surface area contributed by atoms with Gasteiger partial charge in [0.05, 0.1) is 0 Å². The van der Waals surface area contributed by atoms with Crippen LogP contribution in [0.3, 0.4) is 0 Å². The normalized spacial score (nSPS) is 13.0. The number of allylic oxidation sites excluding steroid dienone is 20. The Morgan fingerprint density at radius 3 is 0.986 bits per heavy atom. The first-order chi connectivity index (χ1) is 34.0. The number of hydrogen-bond donors (Lipinski definition) is 0. The van der Waals surface area contributed by atoms with Crippen molar-refractivity contribution in [3.63, 3.8) is 0 Å². The molecule has 0 fully saturated rings. The average molecular weight is 956 g/mol. The summed E-state index contributed by atoms with van der Waals surface area (Å²) in [5, 5.41) is 0. The molecule has 0 N–H and O–H groups in total. The van der Waals surface area contributed by atoms with E-state index in [9.17, 15) is 14.4 Å². The van der Waals surface area contributed by atoms with Gasteiger partial charge in [-0.15, -0.1) is 0 Å². The van der Waals surface area contributed by atoms with Gasteiger partial charge < -0.3 is 14.2 Å². The maximum Gasteiger partial charge on any atom is 0.306 e. The molecule has 0 amide bonds. The Bertz CT molecular complexity index is 1470. The van der Waals surface area contributed by atoms with Crippen molar-refractivity contribution in [2.45, 2.75) is 245 Å². The average Bonchev–Trinajstić information content (AvgIpc) is 3.35. The van der Waals surface area contributed by atoms with Crippen LogP contribution in [0.15, 0.2) is 122 Å². The van der Waals surface area contributed by atoms with E-state index >= 15 is 0 Å². The molecule has 0 aromatic heterocycles. The summed E-state index contributed by atoms with van der Waals surface area (Å²) in [5.74, 6) is -0.971. The lowest BCUT2D eigenvalue weighted by atomic mass is 10.1. The smallest absolute Gasteiger partial charge is 0.306 e. The van der Waals surface area contributed by atoms with Crippen LogP contribution >= 0.6 is 0 Å². The topological polar surface area (TPSA) is 78.9 Å². The molecule has 0 aromatic carbocycles. The summed E-state index contributed by atoms with van der Waals surface area (Å²) in [4.78, 5) is 38.1. The summed E-state index contributed by atoms with van der Waals surface area (Å²) in [6.45, 7) is 6.40. The Hall–Kier alpha value is -4.19. The first-order valence-corrected chi connectivity index (χ1v) is 28.2. The van der Waals surface area contributed by atoms with Gasteiger partial charge in [-0.2, -0.15) is 0 Å². The number of carbonyl (C=O) groups is 3. The van der Waals surface area contributed by atoms with E-state index in [4.69, 9.17) is 14.2 Å². The van der Waals surface area contributed by atoms with Crippen molar-refractivity contribution in [2.24, 2.45) is 0 Å². The third-order valence-corrected chi connectivity index (χ3v) is 11.6. The second-order valence-electron chi connectivity index (χ2n) is 18.3. The number of rotatable bonds is 49. The zero-order valence-electron chi connectivity index (χ0n) is 44.5. The molecular weight excluding hydrogens is 853 g/mol. The molecule has 0 saturated carbocycles. The minimum absolute atomic E-state index is 0.105. The van der Waals surface area contributed by atoms with E-state index in [1.165, 1.54) is 116 Å². The summed E-state index contributed by atoms with van der Waals surface area (Å²) in [6.07, 6.45) is 77.5. The third kappa shape index (κ3) is 54.6. The number of unbranched alkanes of at least 4 members (excludes halogenated alkanes) is 25. The standard InChI is InChI=1S/C63H102O6/c1-4-7-10-13-16-19-22-25-27-29-31-33-35-38-41-44-47-50-53-56-62(65)68-59-60(58-67-61(64)55-52-49-46-43-40-37-24-21-18-15-12-9-6-3)69-63(66)57-54-51-48-45-42-39-36-34-32-30-28-26-23-20-17-14-11-8-5-2/h7,10,13,16-17,19-20,22-23,25-27,29,31,33,35,37-38,40-41,60H,4-6,8-9,11-12,14-15,18,21,24,28,30,32,34,36,39,42-59H2,1-3H3/b10-7-,16-13-,20-17-,22-19-,26-23-,27-25-,31-29+,35-33-,40-37-,41-38-. The van der Waals surface area contributed by atoms with Crippen LogP contribution in [0, 0.1) is 0 Å². The first kappa shape index (κ1) is 64.8. The predicted octanol–water partition coefficient (Wildman–Crippen LogP) is 18.9. The van der Waals surface area contributed by atoms with Gasteiger partial charge in [0, 0.05) is 19.3 Å². The van der Waals surface area contributed by atoms with Gasteiger partial charge in [0.2, 0.25) is 0 Å². The molecule has 0 bridgehead atoms. The van der Waals surface area contributed by atoms with Crippen molar-refractivity contribution in [3.05, 3.63) is 122 Å². The molecule has 6 nitrogen and oxygen atoms in total. The Labute approximate surface area is 424 Å². The molecule has 1 unspecified atom stereocenters. The molecule has 0 radical (unpaired) electrons. The van der Waals surface area contributed by atoms with E-state index in [2.05, 4.69) is 69.4 Å².